The lowest BCUT2D eigenvalue weighted by Crippen LogP contribution is -2.57. The molecule has 0 unspecified atom stereocenters. The number of anilines is 1. The molecule has 15 nitrogen and oxygen atoms in total. The SMILES string of the molecule is O=C(O)C(F)(F)F.O=C1COc2c(CCNCCN(C(=O)CCOCCc3cccc(CN4CCC5(CC4)CN(C(=O)c4ccc(Br)nc4)CCO5)c3)C3CCCCC3)ccc(O)c2N1. The highest BCUT2D eigenvalue weighted by Gasteiger charge is 2.41. The number of likely N-dealkylation sites (tertiary alicyclic amines) is 1. The van der Waals surface area contributed by atoms with Crippen molar-refractivity contribution in [2.75, 3.05) is 77.6 Å². The van der Waals surface area contributed by atoms with Crippen LogP contribution in [0.25, 0.3) is 0 Å². The number of benzene rings is 2. The van der Waals surface area contributed by atoms with E-state index in [1.54, 1.807) is 18.3 Å². The molecule has 4 N–H and O–H groups in total. The number of nitrogens with one attached hydrogen (secondary N) is 2. The summed E-state index contributed by atoms with van der Waals surface area (Å²) in [6.45, 7) is 7.34. The summed E-state index contributed by atoms with van der Waals surface area (Å²) in [6, 6.07) is 16.0. The van der Waals surface area contributed by atoms with E-state index in [-0.39, 0.29) is 41.7 Å². The Morgan fingerprint density at radius 1 is 1.00 bits per heavy atom. The normalized spacial score (nSPS) is 17.6. The molecule has 2 saturated heterocycles. The van der Waals surface area contributed by atoms with Crippen LogP contribution in [0.1, 0.15) is 78.4 Å². The fourth-order valence-corrected chi connectivity index (χ4v) is 8.96. The number of hydrogen-bond donors (Lipinski definition) is 4. The summed E-state index contributed by atoms with van der Waals surface area (Å²) < 4.78 is 50.4. The molecule has 1 spiro atoms. The van der Waals surface area contributed by atoms with Crippen LogP contribution in [0.2, 0.25) is 0 Å². The van der Waals surface area contributed by atoms with Gasteiger partial charge in [0.25, 0.3) is 11.8 Å². The Morgan fingerprint density at radius 2 is 1.75 bits per heavy atom. The largest absolute Gasteiger partial charge is 0.506 e. The molecule has 1 saturated carbocycles. The number of aromatic hydroxyl groups is 1. The maximum Gasteiger partial charge on any atom is 0.490 e. The summed E-state index contributed by atoms with van der Waals surface area (Å²) in [5.74, 6) is -2.36. The fraction of sp³-hybridized carbons (Fsp3) is 0.543. The molecular weight excluding hydrogens is 917 g/mol. The van der Waals surface area contributed by atoms with Crippen LogP contribution in [0.3, 0.4) is 0 Å². The molecule has 2 aromatic carbocycles. The maximum atomic E-state index is 13.5. The summed E-state index contributed by atoms with van der Waals surface area (Å²) in [6.07, 6.45) is 5.76. The lowest BCUT2D eigenvalue weighted by Gasteiger charge is -2.47. The number of ether oxygens (including phenoxy) is 3. The summed E-state index contributed by atoms with van der Waals surface area (Å²) in [4.78, 5) is 58.1. The lowest BCUT2D eigenvalue weighted by molar-refractivity contribution is -0.192. The standard InChI is InChI=1S/C44H57BrN6O7.C2HF3O2/c45-38-12-10-35(28-47-38)43(55)50-23-26-58-44(31-50)16-20-49(21-17-44)29-33-6-4-5-32(27-33)14-24-56-25-15-40(54)51(36-7-2-1-3-8-36)22-19-46-18-13-34-9-11-37(52)41-42(34)57-30-39(53)48-41;3-2(4,5)1(6)7/h4-6,9-12,27-28,36,46,52H,1-3,7-8,13-26,29-31H2,(H,48,53);(H,6,7). The number of carbonyl (C=O) groups excluding carboxylic acids is 3. The number of carbonyl (C=O) groups is 4. The molecule has 4 heterocycles. The first-order chi connectivity index (χ1) is 31.2. The van der Waals surface area contributed by atoms with Gasteiger partial charge in [-0.05, 0) is 95.9 Å². The highest BCUT2D eigenvalue weighted by atomic mass is 79.9. The number of piperidine rings is 1. The molecule has 7 rings (SSSR count). The smallest absolute Gasteiger partial charge is 0.490 e. The predicted octanol–water partition coefficient (Wildman–Crippen LogP) is 5.96. The van der Waals surface area contributed by atoms with Crippen LogP contribution in [0.15, 0.2) is 59.3 Å². The molecule has 0 bridgehead atoms. The molecule has 1 aliphatic carbocycles. The maximum absolute atomic E-state index is 13.5. The van der Waals surface area contributed by atoms with E-state index >= 15 is 0 Å². The number of aliphatic carboxylic acids is 1. The van der Waals surface area contributed by atoms with Gasteiger partial charge in [0.15, 0.2) is 12.4 Å². The molecule has 1 aromatic heterocycles. The van der Waals surface area contributed by atoms with Crippen LogP contribution in [0, 0.1) is 0 Å². The van der Waals surface area contributed by atoms with Crippen molar-refractivity contribution >= 4 is 45.3 Å². The number of halogens is 4. The van der Waals surface area contributed by atoms with Gasteiger partial charge in [-0.15, -0.1) is 0 Å². The molecule has 3 aliphatic heterocycles. The average Bonchev–Trinajstić information content (AvgIpc) is 3.29. The Hall–Kier alpha value is -4.82. The van der Waals surface area contributed by atoms with Gasteiger partial charge < -0.3 is 44.9 Å². The summed E-state index contributed by atoms with van der Waals surface area (Å²) in [5.41, 5.74) is 4.04. The Kier molecular flexibility index (Phi) is 18.0. The van der Waals surface area contributed by atoms with Gasteiger partial charge in [-0.25, -0.2) is 9.78 Å². The first-order valence-electron chi connectivity index (χ1n) is 22.2. The third-order valence-electron chi connectivity index (χ3n) is 12.2. The number of phenolic OH excluding ortho intramolecular Hbond substituents is 1. The van der Waals surface area contributed by atoms with E-state index in [0.29, 0.717) is 87.0 Å². The fourth-order valence-electron chi connectivity index (χ4n) is 8.72. The van der Waals surface area contributed by atoms with Crippen LogP contribution in [-0.4, -0.2) is 144 Å². The predicted molar refractivity (Wildman–Crippen MR) is 238 cm³/mol. The van der Waals surface area contributed by atoms with E-state index < -0.39 is 12.1 Å². The molecule has 3 fully saturated rings. The Balaban J connectivity index is 0.000000925. The molecule has 3 aromatic rings. The van der Waals surface area contributed by atoms with Crippen LogP contribution in [0.4, 0.5) is 18.9 Å². The number of carboxylic acid groups (broad SMARTS) is 1. The van der Waals surface area contributed by atoms with Gasteiger partial charge in [-0.2, -0.15) is 13.2 Å². The number of fused-ring (bicyclic) bond motifs is 1. The Morgan fingerprint density at radius 3 is 2.48 bits per heavy atom. The molecule has 19 heteroatoms. The van der Waals surface area contributed by atoms with Gasteiger partial charge in [0.2, 0.25) is 5.91 Å². The first kappa shape index (κ1) is 49.6. The monoisotopic (exact) mass is 974 g/mol. The second kappa shape index (κ2) is 23.6. The average molecular weight is 976 g/mol. The highest BCUT2D eigenvalue weighted by molar-refractivity contribution is 9.10. The van der Waals surface area contributed by atoms with Gasteiger partial charge in [-0.3, -0.25) is 19.3 Å². The first-order valence-corrected chi connectivity index (χ1v) is 23.0. The molecule has 354 valence electrons. The van der Waals surface area contributed by atoms with Crippen molar-refractivity contribution in [1.29, 1.82) is 0 Å². The van der Waals surface area contributed by atoms with Crippen molar-refractivity contribution < 1.29 is 56.8 Å². The van der Waals surface area contributed by atoms with Crippen LogP contribution < -0.4 is 15.4 Å². The molecule has 4 aliphatic rings. The lowest BCUT2D eigenvalue weighted by atomic mass is 9.89. The third kappa shape index (κ3) is 14.6. The second-order valence-electron chi connectivity index (χ2n) is 16.8. The molecule has 0 atom stereocenters. The highest BCUT2D eigenvalue weighted by Crippen LogP contribution is 2.39. The van der Waals surface area contributed by atoms with Crippen molar-refractivity contribution in [1.82, 2.24) is 25.0 Å². The van der Waals surface area contributed by atoms with Gasteiger partial charge in [0.05, 0.1) is 44.0 Å². The van der Waals surface area contributed by atoms with E-state index in [1.807, 2.05) is 17.0 Å². The van der Waals surface area contributed by atoms with Gasteiger partial charge in [0, 0.05) is 51.5 Å². The number of amides is 3. The van der Waals surface area contributed by atoms with Gasteiger partial charge >= 0.3 is 12.1 Å². The zero-order valence-corrected chi connectivity index (χ0v) is 38.0. The number of pyridine rings is 1. The number of rotatable bonds is 16. The molecule has 0 radical (unpaired) electrons. The van der Waals surface area contributed by atoms with E-state index in [2.05, 4.69) is 65.6 Å². The molecule has 3 amide bonds. The number of nitrogens with zero attached hydrogens (tertiary/aromatic N) is 4. The second-order valence-corrected chi connectivity index (χ2v) is 17.6. The van der Waals surface area contributed by atoms with Crippen molar-refractivity contribution in [3.05, 3.63) is 81.6 Å². The zero-order chi connectivity index (χ0) is 46.4. The van der Waals surface area contributed by atoms with Crippen LogP contribution in [0.5, 0.6) is 11.5 Å². The molecular formula is C46H58BrF3N6O9. The Labute approximate surface area is 385 Å². The van der Waals surface area contributed by atoms with Crippen LogP contribution in [-0.2, 0) is 43.2 Å². The summed E-state index contributed by atoms with van der Waals surface area (Å²) in [5, 5.41) is 23.5. The summed E-state index contributed by atoms with van der Waals surface area (Å²) >= 11 is 3.35. The Bertz CT molecular complexity index is 2080. The van der Waals surface area contributed by atoms with Crippen molar-refractivity contribution in [2.45, 2.75) is 88.6 Å². The van der Waals surface area contributed by atoms with E-state index in [0.717, 1.165) is 70.1 Å². The number of aromatic nitrogens is 1. The summed E-state index contributed by atoms with van der Waals surface area (Å²) in [7, 11) is 0. The third-order valence-corrected chi connectivity index (χ3v) is 12.6. The van der Waals surface area contributed by atoms with E-state index in [4.69, 9.17) is 24.1 Å². The van der Waals surface area contributed by atoms with Crippen LogP contribution >= 0.6 is 15.9 Å². The number of morpholine rings is 1. The topological polar surface area (TPSA) is 183 Å². The minimum absolute atomic E-state index is 0.00553. The number of carboxylic acids is 1. The number of hydrogen-bond acceptors (Lipinski definition) is 11. The van der Waals surface area contributed by atoms with Crippen molar-refractivity contribution in [3.8, 4) is 11.5 Å². The van der Waals surface area contributed by atoms with Gasteiger partial charge in [-0.1, -0.05) is 49.6 Å². The zero-order valence-electron chi connectivity index (χ0n) is 36.4. The van der Waals surface area contributed by atoms with E-state index in [1.165, 1.54) is 17.5 Å². The van der Waals surface area contributed by atoms with E-state index in [9.17, 15) is 32.7 Å². The number of alkyl halides is 3. The number of phenols is 1. The van der Waals surface area contributed by atoms with Crippen molar-refractivity contribution in [3.63, 3.8) is 0 Å². The molecule has 65 heavy (non-hydrogen) atoms. The van der Waals surface area contributed by atoms with Crippen molar-refractivity contribution in [2.24, 2.45) is 0 Å². The minimum Gasteiger partial charge on any atom is -0.506 e. The minimum atomic E-state index is -5.08. The quantitative estimate of drug-likeness (QED) is 0.0752. The van der Waals surface area contributed by atoms with Gasteiger partial charge in [0.1, 0.15) is 16.0 Å².